The predicted molar refractivity (Wildman–Crippen MR) is 133 cm³/mol. The van der Waals surface area contributed by atoms with E-state index in [0.29, 0.717) is 34.6 Å². The lowest BCUT2D eigenvalue weighted by atomic mass is 9.78. The maximum Gasteiger partial charge on any atom is 0.516 e. The van der Waals surface area contributed by atoms with Crippen molar-refractivity contribution in [2.45, 2.75) is 52.4 Å². The Morgan fingerprint density at radius 1 is 1.15 bits per heavy atom. The number of aromatic nitrogens is 3. The fourth-order valence-corrected chi connectivity index (χ4v) is 5.12. The van der Waals surface area contributed by atoms with Crippen LogP contribution in [0.5, 0.6) is 5.75 Å². The minimum Gasteiger partial charge on any atom is -0.486 e. The van der Waals surface area contributed by atoms with Crippen LogP contribution in [0.1, 0.15) is 57.9 Å². The Morgan fingerprint density at radius 2 is 1.88 bits per heavy atom. The molecule has 0 amide bonds. The lowest BCUT2D eigenvalue weighted by molar-refractivity contribution is -0.0366. The third-order valence-corrected chi connectivity index (χ3v) is 6.82. The van der Waals surface area contributed by atoms with Crippen molar-refractivity contribution >= 4 is 46.8 Å². The average molecular weight is 504 g/mol. The van der Waals surface area contributed by atoms with Crippen LogP contribution in [-0.4, -0.2) is 41.7 Å². The SMILES string of the molecule is C[C@@H](Oc1ccc2c(c1)c(B1OCC(C)(C)CO1)nn2C1CCCCO1)c1c(Cl)cncc1Cl. The summed E-state index contributed by atoms with van der Waals surface area (Å²) in [5.74, 6) is 0.672. The summed E-state index contributed by atoms with van der Waals surface area (Å²) in [4.78, 5) is 4.03. The summed E-state index contributed by atoms with van der Waals surface area (Å²) in [5.41, 5.74) is 2.36. The number of hydrogen-bond acceptors (Lipinski definition) is 6. The van der Waals surface area contributed by atoms with Gasteiger partial charge in [0.05, 0.1) is 15.6 Å². The molecule has 2 saturated heterocycles. The molecule has 2 aliphatic heterocycles. The molecule has 4 heterocycles. The zero-order valence-electron chi connectivity index (χ0n) is 19.6. The van der Waals surface area contributed by atoms with Crippen LogP contribution in [0.25, 0.3) is 10.9 Å². The molecule has 0 bridgehead atoms. The van der Waals surface area contributed by atoms with E-state index in [1.165, 1.54) is 0 Å². The van der Waals surface area contributed by atoms with Gasteiger partial charge < -0.3 is 18.8 Å². The Hall–Kier alpha value is -1.84. The molecule has 0 radical (unpaired) electrons. The summed E-state index contributed by atoms with van der Waals surface area (Å²) < 4.78 is 26.4. The zero-order chi connectivity index (χ0) is 23.9. The maximum atomic E-state index is 6.34. The molecule has 180 valence electrons. The third kappa shape index (κ3) is 4.79. The van der Waals surface area contributed by atoms with Gasteiger partial charge in [0, 0.05) is 48.6 Å². The molecule has 3 aromatic rings. The van der Waals surface area contributed by atoms with Gasteiger partial charge in [-0.2, -0.15) is 5.10 Å². The first-order chi connectivity index (χ1) is 16.3. The maximum absolute atomic E-state index is 6.34. The Bertz CT molecular complexity index is 1150. The first-order valence-corrected chi connectivity index (χ1v) is 12.4. The summed E-state index contributed by atoms with van der Waals surface area (Å²) >= 11 is 12.7. The number of hydrogen-bond donors (Lipinski definition) is 0. The second kappa shape index (κ2) is 9.67. The van der Waals surface area contributed by atoms with Crippen LogP contribution < -0.4 is 10.3 Å². The molecule has 0 N–H and O–H groups in total. The van der Waals surface area contributed by atoms with Crippen molar-refractivity contribution in [2.24, 2.45) is 5.41 Å². The van der Waals surface area contributed by atoms with Crippen molar-refractivity contribution in [1.29, 1.82) is 0 Å². The summed E-state index contributed by atoms with van der Waals surface area (Å²) in [6.45, 7) is 8.08. The van der Waals surface area contributed by atoms with E-state index < -0.39 is 7.12 Å². The topological polar surface area (TPSA) is 67.6 Å². The molecular weight excluding hydrogens is 476 g/mol. The summed E-state index contributed by atoms with van der Waals surface area (Å²) in [7, 11) is -0.544. The van der Waals surface area contributed by atoms with E-state index in [0.717, 1.165) is 42.4 Å². The molecule has 2 aromatic heterocycles. The van der Waals surface area contributed by atoms with Crippen LogP contribution in [0.2, 0.25) is 10.0 Å². The summed E-state index contributed by atoms with van der Waals surface area (Å²) in [5, 5.41) is 6.78. The minimum absolute atomic E-state index is 0.0336. The Labute approximate surface area is 209 Å². The van der Waals surface area contributed by atoms with Gasteiger partial charge in [-0.3, -0.25) is 4.98 Å². The number of nitrogens with zero attached hydrogens (tertiary/aromatic N) is 3. The molecule has 1 aromatic carbocycles. The van der Waals surface area contributed by atoms with Gasteiger partial charge in [0.15, 0.2) is 6.23 Å². The Kier molecular flexibility index (Phi) is 6.79. The second-order valence-corrected chi connectivity index (χ2v) is 10.5. The molecule has 1 unspecified atom stereocenters. The van der Waals surface area contributed by atoms with Gasteiger partial charge in [-0.1, -0.05) is 37.0 Å². The molecule has 0 aliphatic carbocycles. The van der Waals surface area contributed by atoms with Crippen molar-refractivity contribution in [3.63, 3.8) is 0 Å². The van der Waals surface area contributed by atoms with E-state index in [1.54, 1.807) is 12.4 Å². The Balaban J connectivity index is 1.50. The van der Waals surface area contributed by atoms with Gasteiger partial charge in [0.2, 0.25) is 0 Å². The van der Waals surface area contributed by atoms with Crippen molar-refractivity contribution in [3.05, 3.63) is 46.2 Å². The van der Waals surface area contributed by atoms with Gasteiger partial charge in [0.1, 0.15) is 17.4 Å². The fourth-order valence-electron chi connectivity index (χ4n) is 4.45. The van der Waals surface area contributed by atoms with Crippen LogP contribution >= 0.6 is 23.2 Å². The largest absolute Gasteiger partial charge is 0.516 e. The number of rotatable bonds is 5. The summed E-state index contributed by atoms with van der Waals surface area (Å²) in [6.07, 6.45) is 5.76. The number of pyridine rings is 1. The van der Waals surface area contributed by atoms with Crippen LogP contribution in [0.3, 0.4) is 0 Å². The molecule has 0 saturated carbocycles. The quantitative estimate of drug-likeness (QED) is 0.437. The minimum atomic E-state index is -0.544. The van der Waals surface area contributed by atoms with Crippen molar-refractivity contribution in [3.8, 4) is 5.75 Å². The highest BCUT2D eigenvalue weighted by Gasteiger charge is 2.37. The first-order valence-electron chi connectivity index (χ1n) is 11.6. The van der Waals surface area contributed by atoms with E-state index in [-0.39, 0.29) is 17.7 Å². The van der Waals surface area contributed by atoms with Crippen molar-refractivity contribution < 1.29 is 18.8 Å². The first kappa shape index (κ1) is 23.9. The second-order valence-electron chi connectivity index (χ2n) is 9.73. The standard InChI is InChI=1S/C24H28BCl2N3O4/c1-15(22-18(26)11-28-12-19(22)27)34-16-7-8-20-17(10-16)23(25-32-13-24(2,3)14-33-25)29-30(20)21-6-4-5-9-31-21/h7-8,10-12,15,21H,4-6,9,13-14H2,1-3H3/t15-,21?/m1/s1. The zero-order valence-corrected chi connectivity index (χ0v) is 21.1. The molecule has 2 fully saturated rings. The molecule has 34 heavy (non-hydrogen) atoms. The molecule has 2 atom stereocenters. The smallest absolute Gasteiger partial charge is 0.486 e. The Morgan fingerprint density at radius 3 is 2.56 bits per heavy atom. The van der Waals surface area contributed by atoms with Gasteiger partial charge in [-0.25, -0.2) is 4.68 Å². The van der Waals surface area contributed by atoms with Gasteiger partial charge in [0.25, 0.3) is 0 Å². The van der Waals surface area contributed by atoms with Crippen molar-refractivity contribution in [2.75, 3.05) is 19.8 Å². The fraction of sp³-hybridized carbons (Fsp3) is 0.500. The number of fused-ring (bicyclic) bond motifs is 1. The molecule has 0 spiro atoms. The normalized spacial score (nSPS) is 21.6. The van der Waals surface area contributed by atoms with Gasteiger partial charge in [-0.15, -0.1) is 0 Å². The van der Waals surface area contributed by atoms with E-state index in [9.17, 15) is 0 Å². The van der Waals surface area contributed by atoms with E-state index >= 15 is 0 Å². The van der Waals surface area contributed by atoms with E-state index in [1.807, 2.05) is 29.8 Å². The highest BCUT2D eigenvalue weighted by molar-refractivity contribution is 6.63. The lowest BCUT2D eigenvalue weighted by Crippen LogP contribution is -2.48. The van der Waals surface area contributed by atoms with Crippen LogP contribution in [0.15, 0.2) is 30.6 Å². The van der Waals surface area contributed by atoms with E-state index in [2.05, 4.69) is 18.8 Å². The molecule has 7 nitrogen and oxygen atoms in total. The van der Waals surface area contributed by atoms with E-state index in [4.69, 9.17) is 47.1 Å². The number of ether oxygens (including phenoxy) is 2. The lowest BCUT2D eigenvalue weighted by Gasteiger charge is -2.32. The summed E-state index contributed by atoms with van der Waals surface area (Å²) in [6, 6.07) is 5.91. The monoisotopic (exact) mass is 503 g/mol. The van der Waals surface area contributed by atoms with Gasteiger partial charge >= 0.3 is 7.12 Å². The van der Waals surface area contributed by atoms with Crippen LogP contribution in [0, 0.1) is 5.41 Å². The number of benzene rings is 1. The average Bonchev–Trinajstić information content (AvgIpc) is 3.18. The predicted octanol–water partition coefficient (Wildman–Crippen LogP) is 5.35. The molecule has 5 rings (SSSR count). The van der Waals surface area contributed by atoms with Gasteiger partial charge in [-0.05, 0) is 44.4 Å². The highest BCUT2D eigenvalue weighted by atomic mass is 35.5. The van der Waals surface area contributed by atoms with Crippen molar-refractivity contribution in [1.82, 2.24) is 14.8 Å². The van der Waals surface area contributed by atoms with Crippen LogP contribution in [0.4, 0.5) is 0 Å². The number of halogens is 2. The molecular formula is C24H28BCl2N3O4. The highest BCUT2D eigenvalue weighted by Crippen LogP contribution is 2.34. The molecule has 2 aliphatic rings. The molecule has 10 heteroatoms. The third-order valence-electron chi connectivity index (χ3n) is 6.22. The van der Waals surface area contributed by atoms with Crippen LogP contribution in [-0.2, 0) is 14.0 Å².